The number of carbonyl (C=O) groups is 1. The zero-order valence-electron chi connectivity index (χ0n) is 10.5. The number of ether oxygens (including phenoxy) is 3. The van der Waals surface area contributed by atoms with Crippen molar-refractivity contribution < 1.29 is 81.2 Å². The first-order chi connectivity index (χ1) is 10.6. The Morgan fingerprint density at radius 3 is 1.28 bits per heavy atom. The first kappa shape index (κ1) is 23.4. The van der Waals surface area contributed by atoms with Crippen LogP contribution in [0, 0.1) is 0 Å². The first-order valence-corrected chi connectivity index (χ1v) is 4.86. The van der Waals surface area contributed by atoms with E-state index in [0.717, 1.165) is 0 Å². The van der Waals surface area contributed by atoms with E-state index in [1.165, 1.54) is 0 Å². The molecule has 0 fully saturated rings. The molecule has 0 bridgehead atoms. The Hall–Kier alpha value is -1.56. The maximum atomic E-state index is 12.9. The smallest absolute Gasteiger partial charge is 0.477 e. The topological polar surface area (TPSA) is 65.0 Å². The van der Waals surface area contributed by atoms with Crippen LogP contribution in [0.4, 0.5) is 57.1 Å². The molecule has 0 aliphatic rings. The lowest BCUT2D eigenvalue weighted by Crippen LogP contribution is -2.59. The zero-order valence-corrected chi connectivity index (χ0v) is 10.5. The van der Waals surface area contributed by atoms with E-state index in [1.807, 2.05) is 0 Å². The van der Waals surface area contributed by atoms with E-state index in [4.69, 9.17) is 5.11 Å². The highest BCUT2D eigenvalue weighted by atomic mass is 19.4. The molecule has 0 aromatic heterocycles. The van der Waals surface area contributed by atoms with E-state index in [1.54, 1.807) is 14.2 Å². The average molecular weight is 412 g/mol. The van der Waals surface area contributed by atoms with E-state index >= 15 is 0 Å². The van der Waals surface area contributed by atoms with E-state index in [-0.39, 0.29) is 0 Å². The van der Waals surface area contributed by atoms with Gasteiger partial charge in [-0.25, -0.2) is 9.53 Å². The van der Waals surface area contributed by atoms with Crippen LogP contribution in [0.25, 0.3) is 0 Å². The summed E-state index contributed by atoms with van der Waals surface area (Å²) in [6, 6.07) is 0. The van der Waals surface area contributed by atoms with Crippen molar-refractivity contribution in [3.8, 4) is 0 Å². The van der Waals surface area contributed by atoms with Gasteiger partial charge in [0.1, 0.15) is 0 Å². The lowest BCUT2D eigenvalue weighted by molar-refractivity contribution is -0.574. The summed E-state index contributed by atoms with van der Waals surface area (Å²) in [5, 5.41) is 7.82. The standard InChI is InChI=1S/C7HF13O5/c8-2(1(21)22,3(9,10)11)23-4(12,13)5(14,15)24-7(19,20)25-6(16,17)18/h(H,21,22). The summed E-state index contributed by atoms with van der Waals surface area (Å²) in [5.41, 5.74) is 0. The highest BCUT2D eigenvalue weighted by Gasteiger charge is 2.75. The van der Waals surface area contributed by atoms with Gasteiger partial charge in [0.05, 0.1) is 0 Å². The SMILES string of the molecule is O=C(O)C(F)(OC(F)(F)C(F)(F)OC(F)(F)OC(F)(F)F)C(F)(F)F. The molecular weight excluding hydrogens is 411 g/mol. The summed E-state index contributed by atoms with van der Waals surface area (Å²) in [6.07, 6.45) is -34.3. The third kappa shape index (κ3) is 5.73. The fourth-order valence-corrected chi connectivity index (χ4v) is 0.823. The van der Waals surface area contributed by atoms with Crippen LogP contribution in [0.2, 0.25) is 0 Å². The lowest BCUT2D eigenvalue weighted by Gasteiger charge is -2.32. The van der Waals surface area contributed by atoms with Gasteiger partial charge in [-0.15, -0.1) is 22.0 Å². The molecule has 0 aliphatic carbocycles. The summed E-state index contributed by atoms with van der Waals surface area (Å²) in [4.78, 5) is 9.98. The number of rotatable bonds is 7. The van der Waals surface area contributed by atoms with E-state index < -0.39 is 42.9 Å². The molecule has 0 spiro atoms. The number of aliphatic carboxylic acids is 1. The Morgan fingerprint density at radius 2 is 1.00 bits per heavy atom. The third-order valence-electron chi connectivity index (χ3n) is 1.73. The van der Waals surface area contributed by atoms with Crippen LogP contribution >= 0.6 is 0 Å². The minimum absolute atomic E-state index is 1.54. The van der Waals surface area contributed by atoms with Crippen molar-refractivity contribution >= 4 is 5.97 Å². The second kappa shape index (κ2) is 6.31. The van der Waals surface area contributed by atoms with Gasteiger partial charge in [0.25, 0.3) is 0 Å². The molecule has 150 valence electrons. The van der Waals surface area contributed by atoms with Crippen LogP contribution < -0.4 is 0 Å². The van der Waals surface area contributed by atoms with Gasteiger partial charge in [-0.05, 0) is 0 Å². The van der Waals surface area contributed by atoms with Gasteiger partial charge < -0.3 is 5.11 Å². The van der Waals surface area contributed by atoms with Gasteiger partial charge in [-0.3, -0.25) is 4.74 Å². The van der Waals surface area contributed by atoms with Gasteiger partial charge >= 0.3 is 42.9 Å². The summed E-state index contributed by atoms with van der Waals surface area (Å²) in [7, 11) is 0. The maximum Gasteiger partial charge on any atom is 0.529 e. The Bertz CT molecular complexity index is 496. The number of hydrogen-bond donors (Lipinski definition) is 1. The molecule has 0 heterocycles. The van der Waals surface area contributed by atoms with Crippen LogP contribution in [0.5, 0.6) is 0 Å². The van der Waals surface area contributed by atoms with Crippen molar-refractivity contribution in [3.05, 3.63) is 0 Å². The van der Waals surface area contributed by atoms with Crippen molar-refractivity contribution in [2.75, 3.05) is 0 Å². The quantitative estimate of drug-likeness (QED) is 0.512. The van der Waals surface area contributed by atoms with E-state index in [0.29, 0.717) is 0 Å². The molecule has 25 heavy (non-hydrogen) atoms. The van der Waals surface area contributed by atoms with E-state index in [2.05, 4.69) is 0 Å². The van der Waals surface area contributed by atoms with Gasteiger partial charge in [0.2, 0.25) is 0 Å². The summed E-state index contributed by atoms with van der Waals surface area (Å²) in [5.74, 6) is -10.5. The average Bonchev–Trinajstić information content (AvgIpc) is 2.20. The minimum atomic E-state index is -7.16. The van der Waals surface area contributed by atoms with Crippen LogP contribution in [0.15, 0.2) is 0 Å². The van der Waals surface area contributed by atoms with Crippen LogP contribution in [-0.4, -0.2) is 48.0 Å². The predicted molar refractivity (Wildman–Crippen MR) is 41.7 cm³/mol. The monoisotopic (exact) mass is 412 g/mol. The van der Waals surface area contributed by atoms with Crippen molar-refractivity contribution in [2.45, 2.75) is 36.9 Å². The second-order valence-corrected chi connectivity index (χ2v) is 3.65. The van der Waals surface area contributed by atoms with Crippen molar-refractivity contribution in [1.29, 1.82) is 0 Å². The molecule has 1 atom stereocenters. The molecule has 0 amide bonds. The second-order valence-electron chi connectivity index (χ2n) is 3.65. The molecular formula is C7HF13O5. The molecule has 1 unspecified atom stereocenters. The number of halogens is 13. The predicted octanol–water partition coefficient (Wildman–Crippen LogP) is 3.60. The van der Waals surface area contributed by atoms with Gasteiger partial charge in [-0.1, -0.05) is 0 Å². The summed E-state index contributed by atoms with van der Waals surface area (Å²) < 4.78 is 164. The fourth-order valence-electron chi connectivity index (χ4n) is 0.823. The Labute approximate surface area is 125 Å². The first-order valence-electron chi connectivity index (χ1n) is 4.86. The molecule has 5 nitrogen and oxygen atoms in total. The Morgan fingerprint density at radius 1 is 0.640 bits per heavy atom. The van der Waals surface area contributed by atoms with Crippen molar-refractivity contribution in [3.63, 3.8) is 0 Å². The summed E-state index contributed by atoms with van der Waals surface area (Å²) >= 11 is 0. The fraction of sp³-hybridized carbons (Fsp3) is 0.857. The molecule has 18 heteroatoms. The number of alkyl halides is 13. The Kier molecular flexibility index (Phi) is 5.91. The lowest BCUT2D eigenvalue weighted by atomic mass is 10.3. The highest BCUT2D eigenvalue weighted by Crippen LogP contribution is 2.47. The van der Waals surface area contributed by atoms with Crippen molar-refractivity contribution in [2.24, 2.45) is 0 Å². The molecule has 0 aromatic carbocycles. The minimum Gasteiger partial charge on any atom is -0.477 e. The third-order valence-corrected chi connectivity index (χ3v) is 1.73. The van der Waals surface area contributed by atoms with E-state index in [9.17, 15) is 61.9 Å². The maximum absolute atomic E-state index is 12.9. The Balaban J connectivity index is 5.64. The van der Waals surface area contributed by atoms with Crippen LogP contribution in [-0.2, 0) is 19.0 Å². The molecule has 0 saturated heterocycles. The van der Waals surface area contributed by atoms with Crippen molar-refractivity contribution in [1.82, 2.24) is 0 Å². The molecule has 0 rings (SSSR count). The highest BCUT2D eigenvalue weighted by molar-refractivity contribution is 5.76. The van der Waals surface area contributed by atoms with Crippen LogP contribution in [0.1, 0.15) is 0 Å². The molecule has 0 aliphatic heterocycles. The number of carboxylic acids is 1. The zero-order chi connectivity index (χ0) is 20.7. The van der Waals surface area contributed by atoms with Gasteiger partial charge in [0, 0.05) is 0 Å². The summed E-state index contributed by atoms with van der Waals surface area (Å²) in [6.45, 7) is 0. The number of hydrogen-bond acceptors (Lipinski definition) is 4. The van der Waals surface area contributed by atoms with Gasteiger partial charge in [0.15, 0.2) is 0 Å². The normalized spacial score (nSPS) is 17.3. The van der Waals surface area contributed by atoms with Crippen LogP contribution in [0.3, 0.4) is 0 Å². The van der Waals surface area contributed by atoms with Gasteiger partial charge in [-0.2, -0.15) is 39.9 Å². The molecule has 1 N–H and O–H groups in total. The molecule has 0 aromatic rings. The number of carboxylic acid groups (broad SMARTS) is 1. The largest absolute Gasteiger partial charge is 0.529 e. The molecule has 0 saturated carbocycles. The molecule has 0 radical (unpaired) electrons.